The summed E-state index contributed by atoms with van der Waals surface area (Å²) in [5.41, 5.74) is 5.75. The highest BCUT2D eigenvalue weighted by Crippen LogP contribution is 2.30. The summed E-state index contributed by atoms with van der Waals surface area (Å²) >= 11 is 0. The molecule has 0 aromatic heterocycles. The number of aliphatic carboxylic acids is 1. The Kier molecular flexibility index (Phi) is 6.38. The van der Waals surface area contributed by atoms with Crippen molar-refractivity contribution >= 4 is 23.1 Å². The second-order valence-electron chi connectivity index (χ2n) is 8.22. The van der Waals surface area contributed by atoms with Crippen molar-refractivity contribution < 1.29 is 14.3 Å². The number of benzene rings is 3. The number of halogens is 1. The van der Waals surface area contributed by atoms with Gasteiger partial charge in [0.15, 0.2) is 5.69 Å². The van der Waals surface area contributed by atoms with E-state index in [0.29, 0.717) is 29.8 Å². The van der Waals surface area contributed by atoms with E-state index in [2.05, 4.69) is 9.95 Å². The Bertz CT molecular complexity index is 1370. The van der Waals surface area contributed by atoms with Crippen LogP contribution >= 0.6 is 0 Å². The van der Waals surface area contributed by atoms with Crippen LogP contribution in [0.25, 0.3) is 16.0 Å². The molecular weight excluding hydrogens is 431 g/mol. The Labute approximate surface area is 197 Å². The third-order valence-corrected chi connectivity index (χ3v) is 5.87. The van der Waals surface area contributed by atoms with Crippen molar-refractivity contribution in [3.8, 4) is 17.2 Å². The quantitative estimate of drug-likeness (QED) is 0.474. The zero-order chi connectivity index (χ0) is 24.2. The maximum Gasteiger partial charge on any atom is 0.305 e. The average Bonchev–Trinajstić information content (AvgIpc) is 3.23. The highest BCUT2D eigenvalue weighted by molar-refractivity contribution is 6.01. The Morgan fingerprint density at radius 2 is 2.00 bits per heavy atom. The summed E-state index contributed by atoms with van der Waals surface area (Å²) in [7, 11) is 0. The van der Waals surface area contributed by atoms with Gasteiger partial charge in [0.25, 0.3) is 0 Å². The van der Waals surface area contributed by atoms with Gasteiger partial charge in [-0.3, -0.25) is 9.80 Å². The lowest BCUT2D eigenvalue weighted by atomic mass is 9.95. The first-order valence-corrected chi connectivity index (χ1v) is 10.7. The van der Waals surface area contributed by atoms with Gasteiger partial charge < -0.3 is 5.11 Å². The van der Waals surface area contributed by atoms with Crippen molar-refractivity contribution in [2.75, 3.05) is 5.01 Å². The van der Waals surface area contributed by atoms with Gasteiger partial charge in [0.1, 0.15) is 17.6 Å². The van der Waals surface area contributed by atoms with Crippen LogP contribution < -0.4 is 5.01 Å². The van der Waals surface area contributed by atoms with Crippen LogP contribution in [-0.4, -0.2) is 22.8 Å². The molecule has 0 saturated carbocycles. The van der Waals surface area contributed by atoms with E-state index < -0.39 is 5.97 Å². The van der Waals surface area contributed by atoms with E-state index in [1.165, 1.54) is 12.1 Å². The fraction of sp³-hybridized carbons (Fsp3) is 0.185. The highest BCUT2D eigenvalue weighted by atomic mass is 19.1. The number of hydrazone groups is 1. The van der Waals surface area contributed by atoms with E-state index >= 15 is 0 Å². The lowest BCUT2D eigenvalue weighted by molar-refractivity contribution is -0.137. The van der Waals surface area contributed by atoms with Crippen molar-refractivity contribution in [2.45, 2.75) is 32.2 Å². The van der Waals surface area contributed by atoms with Gasteiger partial charge >= 0.3 is 5.97 Å². The van der Waals surface area contributed by atoms with Crippen molar-refractivity contribution in [3.05, 3.63) is 94.6 Å². The molecule has 1 unspecified atom stereocenters. The Morgan fingerprint density at radius 1 is 1.24 bits per heavy atom. The Hall–Kier alpha value is -4.49. The zero-order valence-corrected chi connectivity index (χ0v) is 18.5. The molecule has 0 bridgehead atoms. The number of hydrogen-bond donors (Lipinski definition) is 1. The minimum Gasteiger partial charge on any atom is -0.481 e. The third-order valence-electron chi connectivity index (χ3n) is 5.87. The van der Waals surface area contributed by atoms with E-state index in [9.17, 15) is 14.3 Å². The van der Waals surface area contributed by atoms with Crippen LogP contribution in [0.1, 0.15) is 29.5 Å². The fourth-order valence-corrected chi connectivity index (χ4v) is 4.11. The number of anilines is 1. The van der Waals surface area contributed by atoms with Gasteiger partial charge in [0.05, 0.1) is 24.7 Å². The second-order valence-corrected chi connectivity index (χ2v) is 8.22. The number of nitrogens with zero attached hydrogens (tertiary/aromatic N) is 4. The molecule has 4 rings (SSSR count). The van der Waals surface area contributed by atoms with Gasteiger partial charge in [-0.2, -0.15) is 10.4 Å². The number of carbonyl (C=O) groups is 1. The summed E-state index contributed by atoms with van der Waals surface area (Å²) in [6, 6.07) is 19.4. The van der Waals surface area contributed by atoms with Gasteiger partial charge in [0.2, 0.25) is 0 Å². The smallest absolute Gasteiger partial charge is 0.305 e. The number of aryl methyl sites for hydroxylation is 1. The van der Waals surface area contributed by atoms with Crippen LogP contribution in [0.5, 0.6) is 0 Å². The second kappa shape index (κ2) is 9.56. The molecular formula is C27H21FN4O2. The minimum atomic E-state index is -0.930. The first-order valence-electron chi connectivity index (χ1n) is 10.7. The summed E-state index contributed by atoms with van der Waals surface area (Å²) in [6.07, 6.45) is 0.888. The first kappa shape index (κ1) is 22.7. The summed E-state index contributed by atoms with van der Waals surface area (Å²) in [5, 5.41) is 24.2. The maximum atomic E-state index is 14.3. The lowest BCUT2D eigenvalue weighted by Gasteiger charge is -2.22. The number of nitriles is 1. The molecule has 1 heterocycles. The van der Waals surface area contributed by atoms with E-state index in [4.69, 9.17) is 11.8 Å². The number of rotatable bonds is 6. The van der Waals surface area contributed by atoms with Crippen molar-refractivity contribution in [2.24, 2.45) is 5.10 Å². The fourth-order valence-electron chi connectivity index (χ4n) is 4.11. The molecule has 0 spiro atoms. The molecule has 3 aromatic carbocycles. The largest absolute Gasteiger partial charge is 0.481 e. The van der Waals surface area contributed by atoms with Crippen LogP contribution in [0.4, 0.5) is 15.8 Å². The molecule has 0 saturated heterocycles. The molecule has 0 radical (unpaired) electrons. The van der Waals surface area contributed by atoms with E-state index in [-0.39, 0.29) is 18.3 Å². The zero-order valence-electron chi connectivity index (χ0n) is 18.5. The van der Waals surface area contributed by atoms with Gasteiger partial charge in [-0.1, -0.05) is 36.4 Å². The number of carboxylic acids is 1. The monoisotopic (exact) mass is 452 g/mol. The molecule has 1 aliphatic rings. The molecule has 168 valence electrons. The Morgan fingerprint density at radius 3 is 2.65 bits per heavy atom. The van der Waals surface area contributed by atoms with E-state index in [0.717, 1.165) is 27.9 Å². The molecule has 6 nitrogen and oxygen atoms in total. The van der Waals surface area contributed by atoms with Gasteiger partial charge in [0, 0.05) is 12.0 Å². The summed E-state index contributed by atoms with van der Waals surface area (Å²) < 4.78 is 14.3. The molecule has 7 heteroatoms. The first-order chi connectivity index (χ1) is 16.4. The summed E-state index contributed by atoms with van der Waals surface area (Å²) in [5.74, 6) is -1.29. The standard InChI is InChI=1S/C27H21FN4O2/c1-17-11-20(25-14-21(30-2)7-10-26(25)28)6-5-19(17)12-18-3-8-23(9-4-18)32-24(15-27(33)34)13-22(16-29)31-32/h3-11,14,24H,12-13,15H2,1H3,(H,33,34). The minimum absolute atomic E-state index is 0.0959. The summed E-state index contributed by atoms with van der Waals surface area (Å²) in [4.78, 5) is 14.6. The highest BCUT2D eigenvalue weighted by Gasteiger charge is 2.29. The molecule has 1 aliphatic heterocycles. The number of carboxylic acid groups (broad SMARTS) is 1. The molecule has 3 aromatic rings. The van der Waals surface area contributed by atoms with Crippen molar-refractivity contribution in [1.82, 2.24) is 0 Å². The average molecular weight is 452 g/mol. The summed E-state index contributed by atoms with van der Waals surface area (Å²) in [6.45, 7) is 9.13. The molecule has 1 N–H and O–H groups in total. The van der Waals surface area contributed by atoms with E-state index in [1.54, 1.807) is 11.1 Å². The van der Waals surface area contributed by atoms with Crippen LogP contribution in [0.15, 0.2) is 65.8 Å². The van der Waals surface area contributed by atoms with Crippen LogP contribution in [-0.2, 0) is 11.2 Å². The predicted molar refractivity (Wildman–Crippen MR) is 128 cm³/mol. The predicted octanol–water partition coefficient (Wildman–Crippen LogP) is 5.88. The van der Waals surface area contributed by atoms with Gasteiger partial charge in [-0.15, -0.1) is 0 Å². The van der Waals surface area contributed by atoms with Gasteiger partial charge in [-0.05, 0) is 59.9 Å². The van der Waals surface area contributed by atoms with Crippen LogP contribution in [0.3, 0.4) is 0 Å². The van der Waals surface area contributed by atoms with Crippen molar-refractivity contribution in [3.63, 3.8) is 0 Å². The topological polar surface area (TPSA) is 81.0 Å². The van der Waals surface area contributed by atoms with Crippen LogP contribution in [0, 0.1) is 30.6 Å². The molecule has 1 atom stereocenters. The normalized spacial score (nSPS) is 14.9. The third kappa shape index (κ3) is 4.79. The molecule has 0 fully saturated rings. The SMILES string of the molecule is [C-]#[N+]c1ccc(F)c(-c2ccc(Cc3ccc(N4N=C(C#N)CC4CC(=O)O)cc3)c(C)c2)c1. The molecule has 34 heavy (non-hydrogen) atoms. The lowest BCUT2D eigenvalue weighted by Crippen LogP contribution is -2.28. The molecule has 0 aliphatic carbocycles. The molecule has 0 amide bonds. The van der Waals surface area contributed by atoms with Crippen LogP contribution in [0.2, 0.25) is 0 Å². The Balaban J connectivity index is 1.53. The van der Waals surface area contributed by atoms with Crippen molar-refractivity contribution in [1.29, 1.82) is 5.26 Å². The maximum absolute atomic E-state index is 14.3. The van der Waals surface area contributed by atoms with Gasteiger partial charge in [-0.25, -0.2) is 9.24 Å². The van der Waals surface area contributed by atoms with E-state index in [1.807, 2.05) is 55.5 Å². The number of hydrogen-bond acceptors (Lipinski definition) is 4.